The quantitative estimate of drug-likeness (QED) is 0.766. The number of aryl methyl sites for hydroxylation is 1. The maximum absolute atomic E-state index is 15.0. The Bertz CT molecular complexity index is 978. The standard InChI is InChI=1S/C21H25FN2O3/c1-4-27-21(26)16-9-14-10-17(22)19(23-8-7-12(2)11-23)13(3)18(14)24(20(16)25)15-5-6-15/h9-10,12,15H,4-8,11H2,1-3H3. The SMILES string of the molecule is CCOC(=O)c1cc2cc(F)c(N3CCC(C)C3)c(C)c2n(C2CC2)c1=O. The summed E-state index contributed by atoms with van der Waals surface area (Å²) < 4.78 is 21.8. The minimum Gasteiger partial charge on any atom is -0.462 e. The van der Waals surface area contributed by atoms with Crippen molar-refractivity contribution in [3.63, 3.8) is 0 Å². The van der Waals surface area contributed by atoms with E-state index in [1.165, 1.54) is 12.1 Å². The molecule has 0 spiro atoms. The second-order valence-corrected chi connectivity index (χ2v) is 7.79. The third kappa shape index (κ3) is 3.01. The highest BCUT2D eigenvalue weighted by atomic mass is 19.1. The fraction of sp³-hybridized carbons (Fsp3) is 0.524. The predicted molar refractivity (Wildman–Crippen MR) is 103 cm³/mol. The molecule has 1 atom stereocenters. The third-order valence-electron chi connectivity index (χ3n) is 5.63. The number of fused-ring (bicyclic) bond motifs is 1. The van der Waals surface area contributed by atoms with Crippen LogP contribution in [0.2, 0.25) is 0 Å². The molecule has 2 aliphatic rings. The zero-order chi connectivity index (χ0) is 19.3. The van der Waals surface area contributed by atoms with Gasteiger partial charge in [-0.3, -0.25) is 4.79 Å². The van der Waals surface area contributed by atoms with E-state index in [0.717, 1.165) is 43.4 Å². The number of esters is 1. The summed E-state index contributed by atoms with van der Waals surface area (Å²) in [4.78, 5) is 27.4. The van der Waals surface area contributed by atoms with Crippen molar-refractivity contribution in [2.24, 2.45) is 5.92 Å². The minimum absolute atomic E-state index is 0.0161. The number of aromatic nitrogens is 1. The summed E-state index contributed by atoms with van der Waals surface area (Å²) in [6.07, 6.45) is 2.83. The number of halogens is 1. The van der Waals surface area contributed by atoms with Gasteiger partial charge in [-0.1, -0.05) is 6.92 Å². The van der Waals surface area contributed by atoms with Crippen molar-refractivity contribution in [1.82, 2.24) is 4.57 Å². The largest absolute Gasteiger partial charge is 0.462 e. The van der Waals surface area contributed by atoms with Crippen molar-refractivity contribution < 1.29 is 13.9 Å². The lowest BCUT2D eigenvalue weighted by atomic mass is 10.0. The van der Waals surface area contributed by atoms with Crippen molar-refractivity contribution in [2.75, 3.05) is 24.6 Å². The highest BCUT2D eigenvalue weighted by molar-refractivity contribution is 5.96. The molecule has 5 nitrogen and oxygen atoms in total. The molecular weight excluding hydrogens is 347 g/mol. The number of hydrogen-bond acceptors (Lipinski definition) is 4. The summed E-state index contributed by atoms with van der Waals surface area (Å²) in [7, 11) is 0. The average molecular weight is 372 g/mol. The van der Waals surface area contributed by atoms with Crippen LogP contribution in [-0.2, 0) is 4.74 Å². The number of rotatable bonds is 4. The molecule has 2 heterocycles. The first kappa shape index (κ1) is 18.0. The van der Waals surface area contributed by atoms with E-state index >= 15 is 4.39 Å². The molecule has 0 bridgehead atoms. The molecule has 1 saturated heterocycles. The number of benzene rings is 1. The third-order valence-corrected chi connectivity index (χ3v) is 5.63. The lowest BCUT2D eigenvalue weighted by Gasteiger charge is -2.24. The van der Waals surface area contributed by atoms with Gasteiger partial charge in [0, 0.05) is 24.5 Å². The second kappa shape index (κ2) is 6.66. The molecule has 27 heavy (non-hydrogen) atoms. The molecule has 144 valence electrons. The summed E-state index contributed by atoms with van der Waals surface area (Å²) in [6.45, 7) is 7.58. The van der Waals surface area contributed by atoms with Crippen LogP contribution in [0.1, 0.15) is 55.1 Å². The Labute approximate surface area is 157 Å². The van der Waals surface area contributed by atoms with E-state index in [2.05, 4.69) is 11.8 Å². The summed E-state index contributed by atoms with van der Waals surface area (Å²) in [5.74, 6) is -0.421. The van der Waals surface area contributed by atoms with Gasteiger partial charge in [-0.05, 0) is 56.7 Å². The van der Waals surface area contributed by atoms with E-state index < -0.39 is 5.97 Å². The van der Waals surface area contributed by atoms with Crippen LogP contribution < -0.4 is 10.5 Å². The molecule has 1 saturated carbocycles. The van der Waals surface area contributed by atoms with Crippen LogP contribution in [0.3, 0.4) is 0 Å². The van der Waals surface area contributed by atoms with Gasteiger partial charge in [-0.15, -0.1) is 0 Å². The Morgan fingerprint density at radius 2 is 2.04 bits per heavy atom. The van der Waals surface area contributed by atoms with Crippen molar-refractivity contribution in [2.45, 2.75) is 46.1 Å². The molecule has 0 radical (unpaired) electrons. The smallest absolute Gasteiger partial charge is 0.343 e. The molecule has 0 amide bonds. The lowest BCUT2D eigenvalue weighted by molar-refractivity contribution is 0.0524. The van der Waals surface area contributed by atoms with Gasteiger partial charge in [-0.2, -0.15) is 0 Å². The number of hydrogen-bond donors (Lipinski definition) is 0. The van der Waals surface area contributed by atoms with E-state index in [-0.39, 0.29) is 29.6 Å². The number of ether oxygens (including phenoxy) is 1. The molecular formula is C21H25FN2O3. The lowest BCUT2D eigenvalue weighted by Crippen LogP contribution is -2.28. The molecule has 1 aliphatic carbocycles. The van der Waals surface area contributed by atoms with Gasteiger partial charge in [0.05, 0.1) is 17.8 Å². The minimum atomic E-state index is -0.644. The number of pyridine rings is 1. The van der Waals surface area contributed by atoms with E-state index in [1.807, 2.05) is 6.92 Å². The molecule has 2 fully saturated rings. The fourth-order valence-corrected chi connectivity index (χ4v) is 4.22. The van der Waals surface area contributed by atoms with E-state index in [1.54, 1.807) is 11.5 Å². The number of anilines is 1. The number of nitrogens with zero attached hydrogens (tertiary/aromatic N) is 2. The highest BCUT2D eigenvalue weighted by Gasteiger charge is 2.31. The van der Waals surface area contributed by atoms with Gasteiger partial charge < -0.3 is 14.2 Å². The Morgan fingerprint density at radius 1 is 1.30 bits per heavy atom. The topological polar surface area (TPSA) is 51.5 Å². The molecule has 4 rings (SSSR count). The Morgan fingerprint density at radius 3 is 2.63 bits per heavy atom. The Kier molecular flexibility index (Phi) is 4.44. The van der Waals surface area contributed by atoms with Crippen molar-refractivity contribution in [3.8, 4) is 0 Å². The fourth-order valence-electron chi connectivity index (χ4n) is 4.22. The summed E-state index contributed by atoms with van der Waals surface area (Å²) in [6, 6.07) is 3.02. The Balaban J connectivity index is 1.97. The van der Waals surface area contributed by atoms with Gasteiger partial charge in [0.2, 0.25) is 0 Å². The first-order chi connectivity index (χ1) is 12.9. The molecule has 1 aromatic carbocycles. The Hall–Kier alpha value is -2.37. The number of carbonyl (C=O) groups is 1. The highest BCUT2D eigenvalue weighted by Crippen LogP contribution is 2.40. The molecule has 1 aromatic heterocycles. The average Bonchev–Trinajstić information content (AvgIpc) is 3.36. The van der Waals surface area contributed by atoms with Gasteiger partial charge in [0.15, 0.2) is 0 Å². The zero-order valence-corrected chi connectivity index (χ0v) is 16.0. The maximum atomic E-state index is 15.0. The molecule has 0 N–H and O–H groups in total. The van der Waals surface area contributed by atoms with Crippen molar-refractivity contribution in [1.29, 1.82) is 0 Å². The van der Waals surface area contributed by atoms with Crippen LogP contribution in [0.5, 0.6) is 0 Å². The van der Waals surface area contributed by atoms with E-state index in [4.69, 9.17) is 4.74 Å². The number of carbonyl (C=O) groups excluding carboxylic acids is 1. The van der Waals surface area contributed by atoms with Crippen molar-refractivity contribution in [3.05, 3.63) is 39.4 Å². The van der Waals surface area contributed by atoms with Gasteiger partial charge in [0.25, 0.3) is 5.56 Å². The maximum Gasteiger partial charge on any atom is 0.343 e. The molecule has 6 heteroatoms. The first-order valence-corrected chi connectivity index (χ1v) is 9.72. The molecule has 1 aliphatic heterocycles. The summed E-state index contributed by atoms with van der Waals surface area (Å²) >= 11 is 0. The summed E-state index contributed by atoms with van der Waals surface area (Å²) in [5, 5.41) is 0.579. The van der Waals surface area contributed by atoms with Gasteiger partial charge >= 0.3 is 5.97 Å². The predicted octanol–water partition coefficient (Wildman–Crippen LogP) is 3.81. The monoisotopic (exact) mass is 372 g/mol. The van der Waals surface area contributed by atoms with Crippen LogP contribution in [0.4, 0.5) is 10.1 Å². The first-order valence-electron chi connectivity index (χ1n) is 9.72. The van der Waals surface area contributed by atoms with Crippen molar-refractivity contribution >= 4 is 22.6 Å². The van der Waals surface area contributed by atoms with Crippen LogP contribution in [0.15, 0.2) is 16.9 Å². The second-order valence-electron chi connectivity index (χ2n) is 7.79. The van der Waals surface area contributed by atoms with Gasteiger partial charge in [-0.25, -0.2) is 9.18 Å². The van der Waals surface area contributed by atoms with Crippen LogP contribution in [0, 0.1) is 18.7 Å². The van der Waals surface area contributed by atoms with E-state index in [0.29, 0.717) is 17.0 Å². The molecule has 1 unspecified atom stereocenters. The summed E-state index contributed by atoms with van der Waals surface area (Å²) in [5.41, 5.74) is 1.76. The van der Waals surface area contributed by atoms with E-state index in [9.17, 15) is 9.59 Å². The molecule has 2 aromatic rings. The van der Waals surface area contributed by atoms with Crippen LogP contribution in [0.25, 0.3) is 10.9 Å². The zero-order valence-electron chi connectivity index (χ0n) is 16.0. The van der Waals surface area contributed by atoms with Crippen LogP contribution in [-0.4, -0.2) is 30.2 Å². The van der Waals surface area contributed by atoms with Gasteiger partial charge in [0.1, 0.15) is 11.4 Å². The normalized spacial score (nSPS) is 19.7. The van der Waals surface area contributed by atoms with Crippen LogP contribution >= 0.6 is 0 Å².